The molecule has 8 nitrogen and oxygen atoms in total. The maximum absolute atomic E-state index is 13.1. The van der Waals surface area contributed by atoms with Gasteiger partial charge in [0.15, 0.2) is 11.6 Å². The van der Waals surface area contributed by atoms with Gasteiger partial charge >= 0.3 is 0 Å². The lowest BCUT2D eigenvalue weighted by molar-refractivity contribution is 0.0979. The number of aryl methyl sites for hydroxylation is 1. The molecule has 0 amide bonds. The summed E-state index contributed by atoms with van der Waals surface area (Å²) in [5, 5.41) is 0. The van der Waals surface area contributed by atoms with Crippen molar-refractivity contribution in [3.05, 3.63) is 52.6 Å². The van der Waals surface area contributed by atoms with Crippen molar-refractivity contribution in [3.8, 4) is 0 Å². The summed E-state index contributed by atoms with van der Waals surface area (Å²) < 4.78 is 29.2. The minimum atomic E-state index is -3.52. The first-order chi connectivity index (χ1) is 13.7. The topological polar surface area (TPSA) is 98.6 Å². The van der Waals surface area contributed by atoms with Gasteiger partial charge in [-0.3, -0.25) is 18.8 Å². The van der Waals surface area contributed by atoms with Gasteiger partial charge in [0.05, 0.1) is 29.6 Å². The van der Waals surface area contributed by atoms with Crippen LogP contribution in [-0.2, 0) is 27.3 Å². The van der Waals surface area contributed by atoms with Gasteiger partial charge in [-0.25, -0.2) is 0 Å². The van der Waals surface area contributed by atoms with Crippen molar-refractivity contribution in [2.75, 3.05) is 33.5 Å². The minimum Gasteiger partial charge on any atom is -0.350 e. The summed E-state index contributed by atoms with van der Waals surface area (Å²) in [5.74, 6) is -0.398. The molecule has 0 saturated carbocycles. The maximum atomic E-state index is 13.1. The van der Waals surface area contributed by atoms with Crippen LogP contribution in [0.3, 0.4) is 0 Å². The van der Waals surface area contributed by atoms with Gasteiger partial charge in [0.1, 0.15) is 0 Å². The fraction of sp³-hybridized carbons (Fsp3) is 0.450. The SMILES string of the molecule is CN(C)CCCn1cc2c(c1CCCOS(C)(=O)=O)C(=O)c1ccncc1C2=O. The van der Waals surface area contributed by atoms with E-state index >= 15 is 0 Å². The molecule has 2 aromatic heterocycles. The molecule has 0 aliphatic heterocycles. The molecule has 0 spiro atoms. The van der Waals surface area contributed by atoms with Crippen molar-refractivity contribution >= 4 is 21.7 Å². The molecule has 29 heavy (non-hydrogen) atoms. The molecule has 0 bridgehead atoms. The van der Waals surface area contributed by atoms with Crippen LogP contribution < -0.4 is 0 Å². The Morgan fingerprint density at radius 1 is 1.10 bits per heavy atom. The minimum absolute atomic E-state index is 0.0269. The maximum Gasteiger partial charge on any atom is 0.264 e. The number of carbonyl (C=O) groups excluding carboxylic acids is 2. The zero-order chi connectivity index (χ0) is 21.2. The van der Waals surface area contributed by atoms with Crippen molar-refractivity contribution in [2.45, 2.75) is 25.8 Å². The summed E-state index contributed by atoms with van der Waals surface area (Å²) in [4.78, 5) is 32.1. The van der Waals surface area contributed by atoms with Crippen LogP contribution in [0.4, 0.5) is 0 Å². The monoisotopic (exact) mass is 419 g/mol. The molecule has 0 fully saturated rings. The van der Waals surface area contributed by atoms with Gasteiger partial charge in [-0.2, -0.15) is 8.42 Å². The van der Waals surface area contributed by atoms with Gasteiger partial charge in [-0.15, -0.1) is 0 Å². The normalized spacial score (nSPS) is 13.7. The summed E-state index contributed by atoms with van der Waals surface area (Å²) in [6, 6.07) is 1.57. The number of rotatable bonds is 9. The van der Waals surface area contributed by atoms with E-state index in [0.29, 0.717) is 41.6 Å². The Bertz CT molecular complexity index is 1040. The van der Waals surface area contributed by atoms with Crippen molar-refractivity contribution in [2.24, 2.45) is 0 Å². The van der Waals surface area contributed by atoms with E-state index < -0.39 is 10.1 Å². The van der Waals surface area contributed by atoms with Crippen LogP contribution in [0.5, 0.6) is 0 Å². The third kappa shape index (κ3) is 4.80. The number of ketones is 2. The Hall–Kier alpha value is -2.36. The number of pyridine rings is 1. The third-order valence-electron chi connectivity index (χ3n) is 4.83. The summed E-state index contributed by atoms with van der Waals surface area (Å²) >= 11 is 0. The molecule has 9 heteroatoms. The Kier molecular flexibility index (Phi) is 6.30. The van der Waals surface area contributed by atoms with E-state index in [1.54, 1.807) is 12.3 Å². The first-order valence-electron chi connectivity index (χ1n) is 9.43. The smallest absolute Gasteiger partial charge is 0.264 e. The Labute approximate surface area is 170 Å². The molecule has 1 aliphatic carbocycles. The van der Waals surface area contributed by atoms with E-state index in [1.165, 1.54) is 12.4 Å². The van der Waals surface area contributed by atoms with Gasteiger partial charge < -0.3 is 9.47 Å². The first kappa shape index (κ1) is 21.4. The molecular weight excluding hydrogens is 394 g/mol. The number of hydrogen-bond donors (Lipinski definition) is 0. The van der Waals surface area contributed by atoms with Gasteiger partial charge in [0.25, 0.3) is 10.1 Å². The van der Waals surface area contributed by atoms with E-state index in [0.717, 1.165) is 24.9 Å². The molecule has 0 aromatic carbocycles. The predicted molar refractivity (Wildman–Crippen MR) is 108 cm³/mol. The van der Waals surface area contributed by atoms with Gasteiger partial charge in [-0.05, 0) is 46.0 Å². The lowest BCUT2D eigenvalue weighted by Crippen LogP contribution is -2.21. The molecule has 0 unspecified atom stereocenters. The molecule has 0 atom stereocenters. The zero-order valence-corrected chi connectivity index (χ0v) is 17.7. The average molecular weight is 420 g/mol. The van der Waals surface area contributed by atoms with Crippen molar-refractivity contribution in [1.29, 1.82) is 0 Å². The number of carbonyl (C=O) groups is 2. The van der Waals surface area contributed by atoms with Crippen LogP contribution in [-0.4, -0.2) is 67.9 Å². The third-order valence-corrected chi connectivity index (χ3v) is 5.43. The number of nitrogens with zero attached hydrogens (tertiary/aromatic N) is 3. The molecular formula is C20H25N3O5S. The van der Waals surface area contributed by atoms with Crippen molar-refractivity contribution in [1.82, 2.24) is 14.5 Å². The second kappa shape index (κ2) is 8.56. The quantitative estimate of drug-likeness (QED) is 0.383. The summed E-state index contributed by atoms with van der Waals surface area (Å²) in [7, 11) is 0.458. The molecule has 156 valence electrons. The number of aromatic nitrogens is 2. The summed E-state index contributed by atoms with van der Waals surface area (Å²) in [6.45, 7) is 1.55. The lowest BCUT2D eigenvalue weighted by atomic mass is 9.86. The van der Waals surface area contributed by atoms with E-state index in [2.05, 4.69) is 9.88 Å². The second-order valence-electron chi connectivity index (χ2n) is 7.42. The molecule has 0 radical (unpaired) electrons. The van der Waals surface area contributed by atoms with Crippen LogP contribution in [0.15, 0.2) is 24.7 Å². The highest BCUT2D eigenvalue weighted by molar-refractivity contribution is 7.85. The molecule has 0 saturated heterocycles. The lowest BCUT2D eigenvalue weighted by Gasteiger charge is -2.16. The standard InChI is InChI=1S/C20H25N3O5S/c1-22(2)9-5-10-23-13-16-18(17(23)6-4-11-28-29(3,26)27)20(25)14-7-8-21-12-15(14)19(16)24/h7-8,12-13H,4-6,9-11H2,1-3H3. The summed E-state index contributed by atoms with van der Waals surface area (Å²) in [5.41, 5.74) is 2.23. The van der Waals surface area contributed by atoms with E-state index in [9.17, 15) is 18.0 Å². The molecule has 2 heterocycles. The largest absolute Gasteiger partial charge is 0.350 e. The molecule has 1 aliphatic rings. The molecule has 0 N–H and O–H groups in total. The van der Waals surface area contributed by atoms with Crippen molar-refractivity contribution < 1.29 is 22.2 Å². The van der Waals surface area contributed by atoms with Crippen molar-refractivity contribution in [3.63, 3.8) is 0 Å². The van der Waals surface area contributed by atoms with E-state index in [-0.39, 0.29) is 18.2 Å². The fourth-order valence-electron chi connectivity index (χ4n) is 3.55. The van der Waals surface area contributed by atoms with Crippen LogP contribution in [0.25, 0.3) is 0 Å². The molecule has 2 aromatic rings. The Morgan fingerprint density at radius 2 is 1.86 bits per heavy atom. The first-order valence-corrected chi connectivity index (χ1v) is 11.2. The zero-order valence-electron chi connectivity index (χ0n) is 16.8. The molecule has 3 rings (SSSR count). The van der Waals surface area contributed by atoms with Crippen LogP contribution >= 0.6 is 0 Å². The van der Waals surface area contributed by atoms with Crippen LogP contribution in [0.2, 0.25) is 0 Å². The van der Waals surface area contributed by atoms with Crippen LogP contribution in [0, 0.1) is 0 Å². The van der Waals surface area contributed by atoms with E-state index in [4.69, 9.17) is 4.18 Å². The highest BCUT2D eigenvalue weighted by Crippen LogP contribution is 2.31. The number of hydrogen-bond acceptors (Lipinski definition) is 7. The number of fused-ring (bicyclic) bond motifs is 2. The van der Waals surface area contributed by atoms with Gasteiger partial charge in [0.2, 0.25) is 0 Å². The Balaban J connectivity index is 1.92. The predicted octanol–water partition coefficient (Wildman–Crippen LogP) is 1.52. The summed E-state index contributed by atoms with van der Waals surface area (Å²) in [6.07, 6.45) is 7.39. The highest BCUT2D eigenvalue weighted by Gasteiger charge is 2.34. The highest BCUT2D eigenvalue weighted by atomic mass is 32.2. The fourth-order valence-corrected chi connectivity index (χ4v) is 3.97. The van der Waals surface area contributed by atoms with E-state index in [1.807, 2.05) is 18.7 Å². The van der Waals surface area contributed by atoms with Gasteiger partial charge in [0, 0.05) is 36.4 Å². The van der Waals surface area contributed by atoms with Gasteiger partial charge in [-0.1, -0.05) is 0 Å². The Morgan fingerprint density at radius 3 is 2.55 bits per heavy atom. The van der Waals surface area contributed by atoms with Crippen LogP contribution in [0.1, 0.15) is 50.4 Å². The second-order valence-corrected chi connectivity index (χ2v) is 9.07. The average Bonchev–Trinajstić information content (AvgIpc) is 3.01.